The number of benzene rings is 2. The Morgan fingerprint density at radius 2 is 1.88 bits per heavy atom. The van der Waals surface area contributed by atoms with Gasteiger partial charge in [-0.1, -0.05) is 12.1 Å². The second-order valence-electron chi connectivity index (χ2n) is 5.11. The molecule has 2 aromatic carbocycles. The summed E-state index contributed by atoms with van der Waals surface area (Å²) in [5.74, 6) is -0.472. The molecule has 3 aromatic rings. The third-order valence-corrected chi connectivity index (χ3v) is 3.28. The number of para-hydroxylation sites is 1. The van der Waals surface area contributed by atoms with E-state index in [-0.39, 0.29) is 24.7 Å². The van der Waals surface area contributed by atoms with Crippen LogP contribution >= 0.6 is 0 Å². The van der Waals surface area contributed by atoms with Gasteiger partial charge in [0.15, 0.2) is 24.0 Å². The van der Waals surface area contributed by atoms with Gasteiger partial charge in [-0.25, -0.2) is 13.8 Å². The number of aromatic amines is 1. The minimum absolute atomic E-state index is 0.0101. The Labute approximate surface area is 141 Å². The molecule has 6 nitrogen and oxygen atoms in total. The van der Waals surface area contributed by atoms with E-state index in [0.717, 1.165) is 0 Å². The molecule has 1 amide bonds. The van der Waals surface area contributed by atoms with Crippen molar-refractivity contribution >= 4 is 5.91 Å². The molecule has 8 heteroatoms. The Hall–Kier alpha value is -3.29. The summed E-state index contributed by atoms with van der Waals surface area (Å²) in [6.45, 7) is -0.215. The Morgan fingerprint density at radius 3 is 2.64 bits per heavy atom. The maximum Gasteiger partial charge on any atom is 0.258 e. The predicted molar refractivity (Wildman–Crippen MR) is 85.5 cm³/mol. The van der Waals surface area contributed by atoms with Crippen LogP contribution in [0.25, 0.3) is 11.4 Å². The van der Waals surface area contributed by atoms with Crippen molar-refractivity contribution in [1.82, 2.24) is 20.5 Å². The van der Waals surface area contributed by atoms with E-state index in [1.807, 2.05) is 0 Å². The molecule has 128 valence electrons. The topological polar surface area (TPSA) is 79.9 Å². The Bertz CT molecular complexity index is 865. The van der Waals surface area contributed by atoms with Gasteiger partial charge >= 0.3 is 0 Å². The summed E-state index contributed by atoms with van der Waals surface area (Å²) in [7, 11) is 0. The average molecular weight is 344 g/mol. The standard InChI is InChI=1S/C17H14F2N4O2/c18-12-7-5-11(6-8-12)17-21-15(22-23-17)9-20-16(24)10-25-14-4-2-1-3-13(14)19/h1-8H,9-10H2,(H,20,24)(H,21,22,23). The molecule has 0 aliphatic rings. The zero-order chi connectivity index (χ0) is 17.6. The second kappa shape index (κ2) is 7.52. The zero-order valence-corrected chi connectivity index (χ0v) is 13.0. The molecule has 1 aromatic heterocycles. The van der Waals surface area contributed by atoms with Gasteiger partial charge in [-0.15, -0.1) is 0 Å². The molecule has 0 radical (unpaired) electrons. The monoisotopic (exact) mass is 344 g/mol. The molecular formula is C17H14F2N4O2. The Morgan fingerprint density at radius 1 is 1.12 bits per heavy atom. The van der Waals surface area contributed by atoms with Gasteiger partial charge in [-0.05, 0) is 36.4 Å². The van der Waals surface area contributed by atoms with Crippen LogP contribution in [-0.4, -0.2) is 27.7 Å². The van der Waals surface area contributed by atoms with Gasteiger partial charge in [-0.3, -0.25) is 9.89 Å². The third kappa shape index (κ3) is 4.37. The number of amides is 1. The molecule has 0 fully saturated rings. The van der Waals surface area contributed by atoms with Gasteiger partial charge in [0.25, 0.3) is 5.91 Å². The minimum Gasteiger partial charge on any atom is -0.481 e. The fraction of sp³-hybridized carbons (Fsp3) is 0.118. The van der Waals surface area contributed by atoms with Crippen LogP contribution in [0.3, 0.4) is 0 Å². The molecule has 0 spiro atoms. The normalized spacial score (nSPS) is 10.5. The third-order valence-electron chi connectivity index (χ3n) is 3.28. The van der Waals surface area contributed by atoms with Crippen molar-refractivity contribution < 1.29 is 18.3 Å². The van der Waals surface area contributed by atoms with E-state index in [1.54, 1.807) is 18.2 Å². The average Bonchev–Trinajstić information content (AvgIpc) is 3.09. The lowest BCUT2D eigenvalue weighted by Gasteiger charge is -2.06. The molecular weight excluding hydrogens is 330 g/mol. The van der Waals surface area contributed by atoms with Crippen LogP contribution in [-0.2, 0) is 11.3 Å². The molecule has 1 heterocycles. The Kier molecular flexibility index (Phi) is 4.98. The number of H-pyrrole nitrogens is 1. The van der Waals surface area contributed by atoms with E-state index in [4.69, 9.17) is 4.74 Å². The summed E-state index contributed by atoms with van der Waals surface area (Å²) in [5.41, 5.74) is 0.651. The molecule has 0 atom stereocenters. The van der Waals surface area contributed by atoms with Crippen molar-refractivity contribution in [3.8, 4) is 17.1 Å². The number of nitrogens with one attached hydrogen (secondary N) is 2. The van der Waals surface area contributed by atoms with Crippen molar-refractivity contribution in [1.29, 1.82) is 0 Å². The minimum atomic E-state index is -0.533. The fourth-order valence-electron chi connectivity index (χ4n) is 2.04. The predicted octanol–water partition coefficient (Wildman–Crippen LogP) is 2.45. The number of carbonyl (C=O) groups is 1. The molecule has 0 bridgehead atoms. The molecule has 2 N–H and O–H groups in total. The van der Waals surface area contributed by atoms with E-state index in [1.165, 1.54) is 30.3 Å². The highest BCUT2D eigenvalue weighted by molar-refractivity contribution is 5.77. The summed E-state index contributed by atoms with van der Waals surface area (Å²) in [4.78, 5) is 16.0. The largest absolute Gasteiger partial charge is 0.481 e. The molecule has 3 rings (SSSR count). The maximum atomic E-state index is 13.4. The van der Waals surface area contributed by atoms with Crippen LogP contribution in [0, 0.1) is 11.6 Å². The van der Waals surface area contributed by atoms with Gasteiger partial charge < -0.3 is 10.1 Å². The number of ether oxygens (including phenoxy) is 1. The summed E-state index contributed by atoms with van der Waals surface area (Å²) >= 11 is 0. The van der Waals surface area contributed by atoms with Gasteiger partial charge in [0.2, 0.25) is 0 Å². The Balaban J connectivity index is 1.51. The SMILES string of the molecule is O=C(COc1ccccc1F)NCc1nc(-c2ccc(F)cc2)n[nH]1. The van der Waals surface area contributed by atoms with Gasteiger partial charge in [0.1, 0.15) is 11.6 Å². The van der Waals surface area contributed by atoms with Crippen molar-refractivity contribution in [3.63, 3.8) is 0 Å². The first-order valence-electron chi connectivity index (χ1n) is 7.43. The highest BCUT2D eigenvalue weighted by atomic mass is 19.1. The van der Waals surface area contributed by atoms with E-state index in [9.17, 15) is 13.6 Å². The zero-order valence-electron chi connectivity index (χ0n) is 13.0. The number of aromatic nitrogens is 3. The number of hydrogen-bond acceptors (Lipinski definition) is 4. The van der Waals surface area contributed by atoms with Gasteiger partial charge in [0, 0.05) is 5.56 Å². The van der Waals surface area contributed by atoms with Crippen molar-refractivity contribution in [2.24, 2.45) is 0 Å². The van der Waals surface area contributed by atoms with Gasteiger partial charge in [-0.2, -0.15) is 5.10 Å². The van der Waals surface area contributed by atoms with E-state index in [2.05, 4.69) is 20.5 Å². The molecule has 0 saturated heterocycles. The van der Waals surface area contributed by atoms with Crippen LogP contribution in [0.5, 0.6) is 5.75 Å². The van der Waals surface area contributed by atoms with Crippen molar-refractivity contribution in [2.45, 2.75) is 6.54 Å². The number of carbonyl (C=O) groups excluding carboxylic acids is 1. The molecule has 0 aliphatic heterocycles. The van der Waals surface area contributed by atoms with Crippen LogP contribution in [0.1, 0.15) is 5.82 Å². The maximum absolute atomic E-state index is 13.4. The number of nitrogens with zero attached hydrogens (tertiary/aromatic N) is 2. The van der Waals surface area contributed by atoms with Crippen LogP contribution < -0.4 is 10.1 Å². The second-order valence-corrected chi connectivity index (χ2v) is 5.11. The number of halogens is 2. The van der Waals surface area contributed by atoms with Crippen LogP contribution in [0.15, 0.2) is 48.5 Å². The summed E-state index contributed by atoms with van der Waals surface area (Å²) in [6, 6.07) is 11.6. The van der Waals surface area contributed by atoms with E-state index >= 15 is 0 Å². The van der Waals surface area contributed by atoms with Crippen LogP contribution in [0.2, 0.25) is 0 Å². The summed E-state index contributed by atoms with van der Waals surface area (Å²) < 4.78 is 31.4. The number of rotatable bonds is 6. The molecule has 0 unspecified atom stereocenters. The first-order chi connectivity index (χ1) is 12.1. The highest BCUT2D eigenvalue weighted by Crippen LogP contribution is 2.15. The summed E-state index contributed by atoms with van der Waals surface area (Å²) in [6.07, 6.45) is 0. The molecule has 0 aliphatic carbocycles. The van der Waals surface area contributed by atoms with E-state index < -0.39 is 11.7 Å². The fourth-order valence-corrected chi connectivity index (χ4v) is 2.04. The van der Waals surface area contributed by atoms with Crippen molar-refractivity contribution in [2.75, 3.05) is 6.61 Å². The highest BCUT2D eigenvalue weighted by Gasteiger charge is 2.09. The van der Waals surface area contributed by atoms with Gasteiger partial charge in [0.05, 0.1) is 6.54 Å². The smallest absolute Gasteiger partial charge is 0.258 e. The lowest BCUT2D eigenvalue weighted by molar-refractivity contribution is -0.123. The van der Waals surface area contributed by atoms with Crippen molar-refractivity contribution in [3.05, 3.63) is 66.0 Å². The first kappa shape index (κ1) is 16.6. The first-order valence-corrected chi connectivity index (χ1v) is 7.43. The van der Waals surface area contributed by atoms with E-state index in [0.29, 0.717) is 17.2 Å². The molecule has 25 heavy (non-hydrogen) atoms. The summed E-state index contributed by atoms with van der Waals surface area (Å²) in [5, 5.41) is 9.28. The number of hydrogen-bond donors (Lipinski definition) is 2. The lowest BCUT2D eigenvalue weighted by atomic mass is 10.2. The lowest BCUT2D eigenvalue weighted by Crippen LogP contribution is -2.29. The molecule has 0 saturated carbocycles. The van der Waals surface area contributed by atoms with Crippen LogP contribution in [0.4, 0.5) is 8.78 Å². The quantitative estimate of drug-likeness (QED) is 0.720.